The van der Waals surface area contributed by atoms with E-state index in [4.69, 9.17) is 4.42 Å². The highest BCUT2D eigenvalue weighted by Gasteiger charge is 2.28. The molecule has 0 N–H and O–H groups in total. The van der Waals surface area contributed by atoms with Gasteiger partial charge in [0.1, 0.15) is 0 Å². The minimum absolute atomic E-state index is 0.138. The van der Waals surface area contributed by atoms with E-state index in [-0.39, 0.29) is 11.2 Å². The summed E-state index contributed by atoms with van der Waals surface area (Å²) in [5.74, 6) is 1.23. The summed E-state index contributed by atoms with van der Waals surface area (Å²) in [4.78, 5) is 14.9. The quantitative estimate of drug-likeness (QED) is 0.433. The summed E-state index contributed by atoms with van der Waals surface area (Å²) >= 11 is 4.82. The lowest BCUT2D eigenvalue weighted by molar-refractivity contribution is -0.131. The number of thioether (sulfide) groups is 1. The third-order valence-corrected chi connectivity index (χ3v) is 7.04. The molecule has 1 saturated heterocycles. The van der Waals surface area contributed by atoms with Crippen LogP contribution in [0.5, 0.6) is 0 Å². The lowest BCUT2D eigenvalue weighted by Gasteiger charge is -2.33. The maximum Gasteiger partial charge on any atom is 0.277 e. The van der Waals surface area contributed by atoms with Gasteiger partial charge in [-0.1, -0.05) is 54.2 Å². The second-order valence-electron chi connectivity index (χ2n) is 7.57. The van der Waals surface area contributed by atoms with Crippen LogP contribution in [0.1, 0.15) is 25.3 Å². The van der Waals surface area contributed by atoms with Gasteiger partial charge in [0.2, 0.25) is 11.8 Å². The Bertz CT molecular complexity index is 987. The average molecular weight is 486 g/mol. The molecule has 5 nitrogen and oxygen atoms in total. The molecule has 1 aromatic heterocycles. The molecule has 1 aliphatic heterocycles. The number of benzene rings is 2. The summed E-state index contributed by atoms with van der Waals surface area (Å²) in [6.07, 6.45) is 3.18. The highest BCUT2D eigenvalue weighted by atomic mass is 79.9. The van der Waals surface area contributed by atoms with E-state index in [0.717, 1.165) is 42.4 Å². The summed E-state index contributed by atoms with van der Waals surface area (Å²) < 4.78 is 6.68. The molecule has 156 valence electrons. The van der Waals surface area contributed by atoms with E-state index < -0.39 is 0 Å². The zero-order valence-electron chi connectivity index (χ0n) is 16.8. The number of amides is 1. The minimum Gasteiger partial charge on any atom is -0.411 e. The molecule has 30 heavy (non-hydrogen) atoms. The summed E-state index contributed by atoms with van der Waals surface area (Å²) in [6.45, 7) is 3.53. The first-order valence-electron chi connectivity index (χ1n) is 10.2. The zero-order valence-corrected chi connectivity index (χ0v) is 19.2. The lowest BCUT2D eigenvalue weighted by atomic mass is 9.90. The van der Waals surface area contributed by atoms with E-state index in [1.807, 2.05) is 36.1 Å². The largest absolute Gasteiger partial charge is 0.411 e. The third kappa shape index (κ3) is 5.13. The van der Waals surface area contributed by atoms with Crippen LogP contribution in [0.2, 0.25) is 0 Å². The highest BCUT2D eigenvalue weighted by molar-refractivity contribution is 9.10. The Morgan fingerprint density at radius 2 is 1.83 bits per heavy atom. The standard InChI is InChI=1S/C23H24BrN3O2S/c1-16(30-23-26-25-21(29-23)19-9-5-6-10-20(19)24)22(28)27-13-11-18(12-14-27)15-17-7-3-2-4-8-17/h2-10,16,18H,11-15H2,1H3. The van der Waals surface area contributed by atoms with Crippen molar-refractivity contribution >= 4 is 33.6 Å². The molecule has 0 aliphatic carbocycles. The van der Waals surface area contributed by atoms with E-state index in [0.29, 0.717) is 17.0 Å². The van der Waals surface area contributed by atoms with Crippen molar-refractivity contribution in [3.63, 3.8) is 0 Å². The maximum atomic E-state index is 12.9. The van der Waals surface area contributed by atoms with Crippen molar-refractivity contribution in [3.05, 3.63) is 64.6 Å². The number of likely N-dealkylation sites (tertiary alicyclic amines) is 1. The first kappa shape index (κ1) is 21.1. The van der Waals surface area contributed by atoms with Gasteiger partial charge >= 0.3 is 0 Å². The number of carbonyl (C=O) groups is 1. The van der Waals surface area contributed by atoms with Crippen LogP contribution in [-0.4, -0.2) is 39.3 Å². The highest BCUT2D eigenvalue weighted by Crippen LogP contribution is 2.31. The van der Waals surface area contributed by atoms with Crippen LogP contribution >= 0.6 is 27.7 Å². The smallest absolute Gasteiger partial charge is 0.277 e. The van der Waals surface area contributed by atoms with Crippen molar-refractivity contribution in [3.8, 4) is 11.5 Å². The summed E-state index contributed by atoms with van der Waals surface area (Å²) in [5.41, 5.74) is 2.22. The Hall–Kier alpha value is -2.12. The van der Waals surface area contributed by atoms with Gasteiger partial charge < -0.3 is 9.32 Å². The Kier molecular flexibility index (Phi) is 6.89. The number of piperidine rings is 1. The van der Waals surface area contributed by atoms with E-state index in [1.165, 1.54) is 17.3 Å². The summed E-state index contributed by atoms with van der Waals surface area (Å²) in [7, 11) is 0. The first-order valence-corrected chi connectivity index (χ1v) is 11.8. The van der Waals surface area contributed by atoms with Crippen LogP contribution in [0, 0.1) is 5.92 Å². The number of rotatable bonds is 6. The minimum atomic E-state index is -0.261. The SMILES string of the molecule is CC(Sc1nnc(-c2ccccc2Br)o1)C(=O)N1CCC(Cc2ccccc2)CC1. The van der Waals surface area contributed by atoms with E-state index in [9.17, 15) is 4.79 Å². The summed E-state index contributed by atoms with van der Waals surface area (Å²) in [5, 5.41) is 8.40. The second kappa shape index (κ2) is 9.79. The van der Waals surface area contributed by atoms with Crippen molar-refractivity contribution in [2.75, 3.05) is 13.1 Å². The first-order chi connectivity index (χ1) is 14.6. The van der Waals surface area contributed by atoms with Gasteiger partial charge in [0, 0.05) is 17.6 Å². The molecule has 7 heteroatoms. The predicted molar refractivity (Wildman–Crippen MR) is 122 cm³/mol. The molecule has 0 bridgehead atoms. The fourth-order valence-corrected chi connectivity index (χ4v) is 4.99. The number of aromatic nitrogens is 2. The second-order valence-corrected chi connectivity index (χ2v) is 9.72. The van der Waals surface area contributed by atoms with Crippen molar-refractivity contribution in [1.82, 2.24) is 15.1 Å². The fourth-order valence-electron chi connectivity index (χ4n) is 3.76. The average Bonchev–Trinajstić information content (AvgIpc) is 3.23. The van der Waals surface area contributed by atoms with E-state index >= 15 is 0 Å². The molecule has 3 aromatic rings. The molecule has 4 rings (SSSR count). The molecule has 0 radical (unpaired) electrons. The number of hydrogen-bond acceptors (Lipinski definition) is 5. The monoisotopic (exact) mass is 485 g/mol. The molecule has 1 unspecified atom stereocenters. The van der Waals surface area contributed by atoms with Crippen LogP contribution in [0.15, 0.2) is 68.7 Å². The molecule has 0 saturated carbocycles. The van der Waals surface area contributed by atoms with Gasteiger partial charge in [-0.2, -0.15) is 0 Å². The van der Waals surface area contributed by atoms with Gasteiger partial charge in [-0.15, -0.1) is 10.2 Å². The lowest BCUT2D eigenvalue weighted by Crippen LogP contribution is -2.42. The van der Waals surface area contributed by atoms with Crippen LogP contribution < -0.4 is 0 Å². The van der Waals surface area contributed by atoms with Crippen molar-refractivity contribution in [2.45, 2.75) is 36.7 Å². The molecular weight excluding hydrogens is 462 g/mol. The van der Waals surface area contributed by atoms with E-state index in [2.05, 4.69) is 56.5 Å². The molecular formula is C23H24BrN3O2S. The molecule has 2 heterocycles. The Labute approximate surface area is 189 Å². The predicted octanol–water partition coefficient (Wildman–Crippen LogP) is 5.46. The Balaban J connectivity index is 1.30. The van der Waals surface area contributed by atoms with Crippen LogP contribution in [0.25, 0.3) is 11.5 Å². The van der Waals surface area contributed by atoms with Crippen molar-refractivity contribution in [2.24, 2.45) is 5.92 Å². The summed E-state index contributed by atoms with van der Waals surface area (Å²) in [6, 6.07) is 18.3. The number of halogens is 1. The van der Waals surface area contributed by atoms with Crippen LogP contribution in [-0.2, 0) is 11.2 Å². The molecule has 1 amide bonds. The van der Waals surface area contributed by atoms with Crippen molar-refractivity contribution in [1.29, 1.82) is 0 Å². The molecule has 0 spiro atoms. The number of hydrogen-bond donors (Lipinski definition) is 0. The zero-order chi connectivity index (χ0) is 20.9. The Morgan fingerprint density at radius 1 is 1.13 bits per heavy atom. The molecule has 1 aliphatic rings. The van der Waals surface area contributed by atoms with Gasteiger partial charge in [-0.3, -0.25) is 4.79 Å². The topological polar surface area (TPSA) is 59.2 Å². The maximum absolute atomic E-state index is 12.9. The number of nitrogens with zero attached hydrogens (tertiary/aromatic N) is 3. The third-order valence-electron chi connectivity index (χ3n) is 5.43. The fraction of sp³-hybridized carbons (Fsp3) is 0.348. The van der Waals surface area contributed by atoms with Gasteiger partial charge in [-0.25, -0.2) is 0 Å². The molecule has 2 aromatic carbocycles. The van der Waals surface area contributed by atoms with Gasteiger partial charge in [0.25, 0.3) is 5.22 Å². The van der Waals surface area contributed by atoms with E-state index in [1.54, 1.807) is 0 Å². The van der Waals surface area contributed by atoms with Gasteiger partial charge in [0.05, 0.1) is 10.8 Å². The normalized spacial score (nSPS) is 15.9. The van der Waals surface area contributed by atoms with Crippen molar-refractivity contribution < 1.29 is 9.21 Å². The molecule has 1 atom stereocenters. The van der Waals surface area contributed by atoms with Crippen LogP contribution in [0.4, 0.5) is 0 Å². The number of carbonyl (C=O) groups excluding carboxylic acids is 1. The molecule has 1 fully saturated rings. The Morgan fingerprint density at radius 3 is 2.57 bits per heavy atom. The van der Waals surface area contributed by atoms with Gasteiger partial charge in [0.15, 0.2) is 0 Å². The van der Waals surface area contributed by atoms with Gasteiger partial charge in [-0.05, 0) is 65.7 Å². The van der Waals surface area contributed by atoms with Crippen LogP contribution in [0.3, 0.4) is 0 Å².